The molecule has 0 aliphatic carbocycles. The number of piperazine rings is 1. The van der Waals surface area contributed by atoms with Crippen LogP contribution in [0.25, 0.3) is 6.08 Å². The minimum Gasteiger partial charge on any atom is -0.495 e. The van der Waals surface area contributed by atoms with Crippen LogP contribution in [0.4, 0.5) is 39.0 Å². The average molecular weight is 607 g/mol. The van der Waals surface area contributed by atoms with Crippen LogP contribution in [0.3, 0.4) is 0 Å². The maximum Gasteiger partial charge on any atom is 0.248 e. The number of carbonyl (C=O) groups excluding carboxylic acids is 1. The van der Waals surface area contributed by atoms with Crippen LogP contribution < -0.4 is 19.9 Å². The zero-order valence-corrected chi connectivity index (χ0v) is 22.4. The summed E-state index contributed by atoms with van der Waals surface area (Å²) in [5, 5.41) is 3.62. The van der Waals surface area contributed by atoms with Crippen LogP contribution in [0.1, 0.15) is 5.56 Å². The summed E-state index contributed by atoms with van der Waals surface area (Å²) in [7, 11) is 1.44. The number of nitrogens with one attached hydrogen (secondary N) is 1. The maximum absolute atomic E-state index is 14.2. The molecule has 0 spiro atoms. The lowest BCUT2D eigenvalue weighted by Gasteiger charge is -2.38. The van der Waals surface area contributed by atoms with Gasteiger partial charge in [-0.2, -0.15) is 0 Å². The van der Waals surface area contributed by atoms with Gasteiger partial charge in [-0.1, -0.05) is 34.8 Å². The second-order valence-corrected chi connectivity index (χ2v) is 9.64. The molecule has 1 heterocycles. The van der Waals surface area contributed by atoms with Gasteiger partial charge in [-0.3, -0.25) is 4.79 Å². The molecule has 1 N–H and O–H groups in total. The highest BCUT2D eigenvalue weighted by atomic mass is 35.5. The Bertz CT molecular complexity index is 1430. The number of methoxy groups -OCH3 is 1. The molecule has 1 fully saturated rings. The summed E-state index contributed by atoms with van der Waals surface area (Å²) in [6, 6.07) is 7.89. The predicted molar refractivity (Wildman–Crippen MR) is 143 cm³/mol. The van der Waals surface area contributed by atoms with E-state index >= 15 is 0 Å². The first-order valence-corrected chi connectivity index (χ1v) is 12.5. The number of hydrogen-bond donors (Lipinski definition) is 1. The van der Waals surface area contributed by atoms with Gasteiger partial charge in [-0.15, -0.1) is 0 Å². The highest BCUT2D eigenvalue weighted by molar-refractivity contribution is 6.36. The summed E-state index contributed by atoms with van der Waals surface area (Å²) >= 11 is 18.5. The SMILES string of the molecule is COc1c(Cl)cc(Cl)cc1/C=C/C(=O)Nc1ccc(N2CCN(c3c(F)c(F)c(F)c(F)c3F)CC2)c(Cl)c1. The lowest BCUT2D eigenvalue weighted by atomic mass is 10.1. The third-order valence-electron chi connectivity index (χ3n) is 5.99. The molecule has 1 aliphatic rings. The second kappa shape index (κ2) is 11.9. The summed E-state index contributed by atoms with van der Waals surface area (Å²) in [5.41, 5.74) is 0.514. The summed E-state index contributed by atoms with van der Waals surface area (Å²) in [4.78, 5) is 15.3. The maximum atomic E-state index is 14.2. The number of nitrogens with zero attached hydrogens (tertiary/aromatic N) is 2. The van der Waals surface area contributed by atoms with E-state index in [1.807, 2.05) is 0 Å². The minimum atomic E-state index is -2.20. The number of amides is 1. The van der Waals surface area contributed by atoms with E-state index in [4.69, 9.17) is 39.5 Å². The lowest BCUT2D eigenvalue weighted by Crippen LogP contribution is -2.47. The number of rotatable bonds is 6. The van der Waals surface area contributed by atoms with Gasteiger partial charge in [0.1, 0.15) is 11.4 Å². The second-order valence-electron chi connectivity index (χ2n) is 8.39. The van der Waals surface area contributed by atoms with Crippen LogP contribution >= 0.6 is 34.8 Å². The molecule has 0 radical (unpaired) electrons. The van der Waals surface area contributed by atoms with Crippen molar-refractivity contribution in [1.29, 1.82) is 0 Å². The van der Waals surface area contributed by atoms with Crippen molar-refractivity contribution in [2.45, 2.75) is 0 Å². The summed E-state index contributed by atoms with van der Waals surface area (Å²) in [6.07, 6.45) is 2.76. The highest BCUT2D eigenvalue weighted by Crippen LogP contribution is 2.35. The van der Waals surface area contributed by atoms with Gasteiger partial charge in [0.25, 0.3) is 0 Å². The van der Waals surface area contributed by atoms with Gasteiger partial charge in [0.15, 0.2) is 23.3 Å². The van der Waals surface area contributed by atoms with Crippen LogP contribution in [-0.2, 0) is 4.79 Å². The predicted octanol–water partition coefficient (Wildman–Crippen LogP) is 7.33. The van der Waals surface area contributed by atoms with Crippen LogP contribution in [0.2, 0.25) is 15.1 Å². The fourth-order valence-corrected chi connectivity index (χ4v) is 5.04. The Morgan fingerprint density at radius 1 is 0.846 bits per heavy atom. The van der Waals surface area contributed by atoms with E-state index in [-0.39, 0.29) is 31.2 Å². The van der Waals surface area contributed by atoms with Gasteiger partial charge in [0, 0.05) is 48.5 Å². The van der Waals surface area contributed by atoms with Crippen LogP contribution in [0, 0.1) is 29.1 Å². The Balaban J connectivity index is 1.42. The van der Waals surface area contributed by atoms with Crippen molar-refractivity contribution in [2.24, 2.45) is 0 Å². The van der Waals surface area contributed by atoms with Crippen LogP contribution in [-0.4, -0.2) is 39.2 Å². The van der Waals surface area contributed by atoms with Gasteiger partial charge in [-0.25, -0.2) is 22.0 Å². The van der Waals surface area contributed by atoms with Crippen molar-refractivity contribution in [3.8, 4) is 5.75 Å². The van der Waals surface area contributed by atoms with E-state index < -0.39 is 40.7 Å². The normalized spacial score (nSPS) is 13.8. The molecule has 39 heavy (non-hydrogen) atoms. The van der Waals surface area contributed by atoms with E-state index in [1.54, 1.807) is 23.1 Å². The Kier molecular flexibility index (Phi) is 8.78. The molecule has 1 saturated heterocycles. The number of hydrogen-bond acceptors (Lipinski definition) is 4. The van der Waals surface area contributed by atoms with Crippen molar-refractivity contribution in [1.82, 2.24) is 0 Å². The van der Waals surface area contributed by atoms with Gasteiger partial charge in [-0.05, 0) is 36.4 Å². The first-order valence-electron chi connectivity index (χ1n) is 11.3. The molecule has 1 aliphatic heterocycles. The van der Waals surface area contributed by atoms with E-state index in [1.165, 1.54) is 31.4 Å². The number of halogens is 8. The molecule has 0 atom stereocenters. The molecule has 13 heteroatoms. The number of ether oxygens (including phenoxy) is 1. The van der Waals surface area contributed by atoms with Crippen molar-refractivity contribution in [2.75, 3.05) is 48.4 Å². The van der Waals surface area contributed by atoms with E-state index in [2.05, 4.69) is 5.32 Å². The standard InChI is InChI=1S/C26H19Cl3F5N3O2/c1-39-26-13(10-14(27)11-17(26)29)2-5-19(38)35-15-3-4-18(16(28)12-15)36-6-8-37(9-7-36)25-23(33)21(31)20(30)22(32)24(25)34/h2-5,10-12H,6-9H2,1H3,(H,35,38)/b5-2+. The van der Waals surface area contributed by atoms with Crippen LogP contribution in [0.5, 0.6) is 5.75 Å². The summed E-state index contributed by atoms with van der Waals surface area (Å²) in [5.74, 6) is -10.0. The van der Waals surface area contributed by atoms with Crippen molar-refractivity contribution >= 4 is 63.8 Å². The minimum absolute atomic E-state index is 0.0189. The van der Waals surface area contributed by atoms with Crippen molar-refractivity contribution < 1.29 is 31.5 Å². The molecule has 0 unspecified atom stereocenters. The van der Waals surface area contributed by atoms with Gasteiger partial charge in [0.2, 0.25) is 11.7 Å². The largest absolute Gasteiger partial charge is 0.495 e. The van der Waals surface area contributed by atoms with Crippen molar-refractivity contribution in [3.63, 3.8) is 0 Å². The molecule has 1 amide bonds. The van der Waals surface area contributed by atoms with E-state index in [0.717, 1.165) is 4.90 Å². The highest BCUT2D eigenvalue weighted by Gasteiger charge is 2.31. The van der Waals surface area contributed by atoms with E-state index in [9.17, 15) is 26.7 Å². The molecule has 0 saturated carbocycles. The quantitative estimate of drug-likeness (QED) is 0.138. The van der Waals surface area contributed by atoms with E-state index in [0.29, 0.717) is 32.7 Å². The fraction of sp³-hybridized carbons (Fsp3) is 0.192. The molecule has 0 aromatic heterocycles. The first-order chi connectivity index (χ1) is 18.5. The first kappa shape index (κ1) is 28.8. The fourth-order valence-electron chi connectivity index (χ4n) is 4.15. The van der Waals surface area contributed by atoms with Crippen LogP contribution in [0.15, 0.2) is 36.4 Å². The third kappa shape index (κ3) is 6.03. The zero-order chi connectivity index (χ0) is 28.4. The van der Waals surface area contributed by atoms with Gasteiger partial charge in [0.05, 0.1) is 22.8 Å². The molecule has 4 rings (SSSR count). The van der Waals surface area contributed by atoms with Gasteiger partial charge >= 0.3 is 0 Å². The van der Waals surface area contributed by atoms with Gasteiger partial charge < -0.3 is 19.9 Å². The molecule has 3 aromatic carbocycles. The average Bonchev–Trinajstić information content (AvgIpc) is 2.90. The molecule has 206 valence electrons. The smallest absolute Gasteiger partial charge is 0.248 e. The molecule has 3 aromatic rings. The Morgan fingerprint density at radius 3 is 2.03 bits per heavy atom. The molecular weight excluding hydrogens is 588 g/mol. The summed E-state index contributed by atoms with van der Waals surface area (Å²) in [6.45, 7) is 0.346. The molecule has 0 bridgehead atoms. The topological polar surface area (TPSA) is 44.8 Å². The summed E-state index contributed by atoms with van der Waals surface area (Å²) < 4.78 is 74.2. The number of benzene rings is 3. The Labute approximate surface area is 235 Å². The van der Waals surface area contributed by atoms with Crippen molar-refractivity contribution in [3.05, 3.63) is 86.1 Å². The lowest BCUT2D eigenvalue weighted by molar-refractivity contribution is -0.111. The monoisotopic (exact) mass is 605 g/mol. The number of carbonyl (C=O) groups is 1. The molecular formula is C26H19Cl3F5N3O2. The number of anilines is 3. The Morgan fingerprint density at radius 2 is 1.44 bits per heavy atom. The zero-order valence-electron chi connectivity index (χ0n) is 20.1. The molecule has 5 nitrogen and oxygen atoms in total. The Hall–Kier alpha value is -3.21. The third-order valence-corrected chi connectivity index (χ3v) is 6.80.